The number of rotatable bonds is 8. The Labute approximate surface area is 174 Å². The second-order valence-corrected chi connectivity index (χ2v) is 7.52. The van der Waals surface area contributed by atoms with Crippen LogP contribution in [0.2, 0.25) is 0 Å². The molecule has 2 heterocycles. The van der Waals surface area contributed by atoms with Gasteiger partial charge in [0.05, 0.1) is 18.2 Å². The Kier molecular flexibility index (Phi) is 6.92. The van der Waals surface area contributed by atoms with Gasteiger partial charge < -0.3 is 19.9 Å². The van der Waals surface area contributed by atoms with Crippen LogP contribution in [0.4, 0.5) is 4.79 Å². The molecule has 9 heteroatoms. The standard InChI is InChI=1S/C20H25N5O3S/c1-4-14-17(18(26)28-5-2)15(22-19(27)21-14)12-29-20-24-23-16(25(20)3)11-13-9-7-6-8-10-13/h6-10,14H,4-5,11-12H2,1-3H3,(H2,21,22,27)/t14-/m1/s1. The van der Waals surface area contributed by atoms with E-state index in [1.54, 1.807) is 6.92 Å². The molecule has 2 amide bonds. The first-order valence-corrected chi connectivity index (χ1v) is 10.5. The molecule has 0 radical (unpaired) electrons. The lowest BCUT2D eigenvalue weighted by Crippen LogP contribution is -2.50. The number of carbonyl (C=O) groups excluding carboxylic acids is 2. The minimum Gasteiger partial charge on any atom is -0.463 e. The summed E-state index contributed by atoms with van der Waals surface area (Å²) in [7, 11) is 1.91. The molecular weight excluding hydrogens is 390 g/mol. The lowest BCUT2D eigenvalue weighted by Gasteiger charge is -2.28. The molecule has 1 aromatic carbocycles. The molecule has 29 heavy (non-hydrogen) atoms. The number of urea groups is 1. The summed E-state index contributed by atoms with van der Waals surface area (Å²) in [6.07, 6.45) is 1.28. The monoisotopic (exact) mass is 415 g/mol. The van der Waals surface area contributed by atoms with Gasteiger partial charge in [0.15, 0.2) is 5.16 Å². The molecule has 8 nitrogen and oxygen atoms in total. The van der Waals surface area contributed by atoms with Crippen molar-refractivity contribution < 1.29 is 14.3 Å². The van der Waals surface area contributed by atoms with Crippen LogP contribution in [-0.2, 0) is 23.0 Å². The van der Waals surface area contributed by atoms with Gasteiger partial charge in [-0.05, 0) is 18.9 Å². The predicted molar refractivity (Wildman–Crippen MR) is 110 cm³/mol. The van der Waals surface area contributed by atoms with Gasteiger partial charge >= 0.3 is 12.0 Å². The highest BCUT2D eigenvalue weighted by atomic mass is 32.2. The van der Waals surface area contributed by atoms with E-state index in [4.69, 9.17) is 4.74 Å². The number of ether oxygens (including phenoxy) is 1. The molecule has 2 N–H and O–H groups in total. The highest BCUT2D eigenvalue weighted by molar-refractivity contribution is 7.99. The minimum atomic E-state index is -0.412. The third kappa shape index (κ3) is 4.97. The van der Waals surface area contributed by atoms with Crippen molar-refractivity contribution in [2.24, 2.45) is 7.05 Å². The van der Waals surface area contributed by atoms with Crippen molar-refractivity contribution in [1.29, 1.82) is 0 Å². The number of benzene rings is 1. The zero-order valence-electron chi connectivity index (χ0n) is 16.8. The van der Waals surface area contributed by atoms with Crippen molar-refractivity contribution in [3.05, 3.63) is 53.0 Å². The third-order valence-corrected chi connectivity index (χ3v) is 5.67. The molecule has 3 rings (SSSR count). The fraction of sp³-hybridized carbons (Fsp3) is 0.400. The number of hydrogen-bond donors (Lipinski definition) is 2. The van der Waals surface area contributed by atoms with Crippen LogP contribution in [0.5, 0.6) is 0 Å². The van der Waals surface area contributed by atoms with Crippen molar-refractivity contribution in [1.82, 2.24) is 25.4 Å². The Bertz CT molecular complexity index is 910. The van der Waals surface area contributed by atoms with Gasteiger partial charge in [-0.25, -0.2) is 9.59 Å². The van der Waals surface area contributed by atoms with Crippen molar-refractivity contribution in [2.75, 3.05) is 12.4 Å². The maximum absolute atomic E-state index is 12.5. The van der Waals surface area contributed by atoms with Crippen LogP contribution >= 0.6 is 11.8 Å². The second-order valence-electron chi connectivity index (χ2n) is 6.58. The first-order valence-electron chi connectivity index (χ1n) is 9.56. The van der Waals surface area contributed by atoms with Crippen molar-refractivity contribution >= 4 is 23.8 Å². The average molecular weight is 416 g/mol. The van der Waals surface area contributed by atoms with E-state index in [1.807, 2.05) is 48.9 Å². The summed E-state index contributed by atoms with van der Waals surface area (Å²) in [6.45, 7) is 3.95. The second kappa shape index (κ2) is 9.60. The van der Waals surface area contributed by atoms with E-state index in [-0.39, 0.29) is 18.7 Å². The Morgan fingerprint density at radius 3 is 2.69 bits per heavy atom. The van der Waals surface area contributed by atoms with Crippen molar-refractivity contribution in [3.63, 3.8) is 0 Å². The molecule has 0 saturated heterocycles. The van der Waals surface area contributed by atoms with E-state index in [0.717, 1.165) is 11.4 Å². The summed E-state index contributed by atoms with van der Waals surface area (Å²) in [6, 6.07) is 9.38. The molecule has 0 fully saturated rings. The van der Waals surface area contributed by atoms with Gasteiger partial charge in [0.2, 0.25) is 0 Å². The van der Waals surface area contributed by atoms with Crippen LogP contribution < -0.4 is 10.6 Å². The molecule has 1 atom stereocenters. The molecule has 0 bridgehead atoms. The van der Waals surface area contributed by atoms with Crippen LogP contribution in [0.3, 0.4) is 0 Å². The van der Waals surface area contributed by atoms with Crippen molar-refractivity contribution in [2.45, 2.75) is 37.9 Å². The summed E-state index contributed by atoms with van der Waals surface area (Å²) in [5, 5.41) is 14.8. The minimum absolute atomic E-state index is 0.277. The molecule has 0 unspecified atom stereocenters. The van der Waals surface area contributed by atoms with E-state index in [2.05, 4.69) is 20.8 Å². The van der Waals surface area contributed by atoms with Crippen molar-refractivity contribution in [3.8, 4) is 0 Å². The first kappa shape index (κ1) is 20.9. The number of hydrogen-bond acceptors (Lipinski definition) is 6. The summed E-state index contributed by atoms with van der Waals surface area (Å²) in [5.74, 6) is 0.819. The number of thioether (sulfide) groups is 1. The van der Waals surface area contributed by atoms with Crippen LogP contribution in [0, 0.1) is 0 Å². The number of esters is 1. The quantitative estimate of drug-likeness (QED) is 0.508. The number of nitrogens with zero attached hydrogens (tertiary/aromatic N) is 3. The highest BCUT2D eigenvalue weighted by Crippen LogP contribution is 2.24. The normalized spacial score (nSPS) is 16.4. The molecule has 1 aliphatic heterocycles. The maximum atomic E-state index is 12.5. The van der Waals surface area contributed by atoms with Gasteiger partial charge in [-0.2, -0.15) is 0 Å². The number of amides is 2. The van der Waals surface area contributed by atoms with E-state index in [0.29, 0.717) is 35.0 Å². The molecule has 1 aromatic heterocycles. The van der Waals surface area contributed by atoms with Gasteiger partial charge in [0.25, 0.3) is 0 Å². The number of nitrogens with one attached hydrogen (secondary N) is 2. The summed E-state index contributed by atoms with van der Waals surface area (Å²) < 4.78 is 7.13. The van der Waals surface area contributed by atoms with Gasteiger partial charge in [-0.15, -0.1) is 10.2 Å². The van der Waals surface area contributed by atoms with Crippen LogP contribution in [0.25, 0.3) is 0 Å². The number of carbonyl (C=O) groups is 2. The molecule has 1 aliphatic rings. The first-order chi connectivity index (χ1) is 14.0. The lowest BCUT2D eigenvalue weighted by atomic mass is 10.0. The molecule has 2 aromatic rings. The maximum Gasteiger partial charge on any atom is 0.337 e. The lowest BCUT2D eigenvalue weighted by molar-refractivity contribution is -0.139. The highest BCUT2D eigenvalue weighted by Gasteiger charge is 2.31. The van der Waals surface area contributed by atoms with Gasteiger partial charge in [-0.1, -0.05) is 49.0 Å². The Hall–Kier alpha value is -2.81. The number of aromatic nitrogens is 3. The predicted octanol–water partition coefficient (Wildman–Crippen LogP) is 2.41. The molecule has 0 spiro atoms. The SMILES string of the molecule is CCOC(=O)C1=C(CSc2nnc(Cc3ccccc3)n2C)NC(=O)N[C@@H]1CC. The molecule has 0 saturated carbocycles. The zero-order valence-corrected chi connectivity index (χ0v) is 17.6. The van der Waals surface area contributed by atoms with Crippen LogP contribution in [-0.4, -0.2) is 45.2 Å². The Balaban J connectivity index is 1.77. The van der Waals surface area contributed by atoms with Crippen LogP contribution in [0.1, 0.15) is 31.7 Å². The van der Waals surface area contributed by atoms with Gasteiger partial charge in [0, 0.05) is 24.9 Å². The average Bonchev–Trinajstić information content (AvgIpc) is 3.06. The van der Waals surface area contributed by atoms with Gasteiger partial charge in [0.1, 0.15) is 5.82 Å². The third-order valence-electron chi connectivity index (χ3n) is 4.62. The summed E-state index contributed by atoms with van der Waals surface area (Å²) >= 11 is 1.42. The molecule has 154 valence electrons. The Morgan fingerprint density at radius 2 is 2.00 bits per heavy atom. The fourth-order valence-electron chi connectivity index (χ4n) is 3.12. The van der Waals surface area contributed by atoms with E-state index in [1.165, 1.54) is 11.8 Å². The van der Waals surface area contributed by atoms with E-state index < -0.39 is 5.97 Å². The van der Waals surface area contributed by atoms with Crippen LogP contribution in [0.15, 0.2) is 46.8 Å². The van der Waals surface area contributed by atoms with Gasteiger partial charge in [-0.3, -0.25) is 0 Å². The smallest absolute Gasteiger partial charge is 0.337 e. The Morgan fingerprint density at radius 1 is 1.24 bits per heavy atom. The molecule has 0 aliphatic carbocycles. The fourth-order valence-corrected chi connectivity index (χ4v) is 4.01. The summed E-state index contributed by atoms with van der Waals surface area (Å²) in [5.41, 5.74) is 2.17. The zero-order chi connectivity index (χ0) is 20.8. The largest absolute Gasteiger partial charge is 0.463 e. The topological polar surface area (TPSA) is 98.1 Å². The molecular formula is C20H25N5O3S. The van der Waals surface area contributed by atoms with E-state index in [9.17, 15) is 9.59 Å². The van der Waals surface area contributed by atoms with E-state index >= 15 is 0 Å². The summed E-state index contributed by atoms with van der Waals surface area (Å²) in [4.78, 5) is 24.5.